The third-order valence-corrected chi connectivity index (χ3v) is 3.31. The van der Waals surface area contributed by atoms with Crippen LogP contribution in [0.2, 0.25) is 0 Å². The standard InChI is InChI=1S/C10H19N/c1-9-8-10(11-9)6-4-2-3-5-7-10/h9,11H,2-8H2,1H3. The molecule has 1 saturated heterocycles. The van der Waals surface area contributed by atoms with E-state index >= 15 is 0 Å². The van der Waals surface area contributed by atoms with Crippen molar-refractivity contribution in [3.8, 4) is 0 Å². The van der Waals surface area contributed by atoms with Crippen LogP contribution in [0.3, 0.4) is 0 Å². The molecule has 1 saturated carbocycles. The highest BCUT2D eigenvalue weighted by Crippen LogP contribution is 2.37. The van der Waals surface area contributed by atoms with E-state index in [1.807, 2.05) is 0 Å². The van der Waals surface area contributed by atoms with Crippen molar-refractivity contribution in [3.05, 3.63) is 0 Å². The van der Waals surface area contributed by atoms with E-state index < -0.39 is 0 Å². The second-order valence-electron chi connectivity index (χ2n) is 4.44. The molecule has 1 heteroatoms. The third kappa shape index (κ3) is 1.44. The molecular formula is C10H19N. The van der Waals surface area contributed by atoms with E-state index in [-0.39, 0.29) is 0 Å². The van der Waals surface area contributed by atoms with Crippen molar-refractivity contribution < 1.29 is 0 Å². The molecule has 0 bridgehead atoms. The van der Waals surface area contributed by atoms with Crippen molar-refractivity contribution in [2.75, 3.05) is 0 Å². The van der Waals surface area contributed by atoms with Crippen molar-refractivity contribution in [2.24, 2.45) is 0 Å². The molecule has 0 aromatic carbocycles. The molecule has 11 heavy (non-hydrogen) atoms. The predicted molar refractivity (Wildman–Crippen MR) is 47.6 cm³/mol. The topological polar surface area (TPSA) is 12.0 Å². The van der Waals surface area contributed by atoms with E-state index in [9.17, 15) is 0 Å². The van der Waals surface area contributed by atoms with Gasteiger partial charge in [-0.05, 0) is 26.2 Å². The van der Waals surface area contributed by atoms with Crippen molar-refractivity contribution in [1.82, 2.24) is 5.32 Å². The summed E-state index contributed by atoms with van der Waals surface area (Å²) < 4.78 is 0. The molecule has 1 spiro atoms. The molecule has 0 radical (unpaired) electrons. The van der Waals surface area contributed by atoms with Gasteiger partial charge in [0.2, 0.25) is 0 Å². The Kier molecular flexibility index (Phi) is 1.92. The Morgan fingerprint density at radius 3 is 2.09 bits per heavy atom. The number of hydrogen-bond donors (Lipinski definition) is 1. The van der Waals surface area contributed by atoms with Gasteiger partial charge in [-0.3, -0.25) is 0 Å². The summed E-state index contributed by atoms with van der Waals surface area (Å²) in [5.74, 6) is 0. The molecule has 1 N–H and O–H groups in total. The van der Waals surface area contributed by atoms with Crippen LogP contribution in [0, 0.1) is 0 Å². The fourth-order valence-corrected chi connectivity index (χ4v) is 2.84. The van der Waals surface area contributed by atoms with Gasteiger partial charge in [0.1, 0.15) is 0 Å². The Labute approximate surface area is 69.6 Å². The maximum atomic E-state index is 3.70. The lowest BCUT2D eigenvalue weighted by Gasteiger charge is -2.48. The molecule has 2 aliphatic rings. The van der Waals surface area contributed by atoms with Crippen LogP contribution in [-0.4, -0.2) is 11.6 Å². The normalized spacial score (nSPS) is 36.3. The largest absolute Gasteiger partial charge is 0.309 e. The fraction of sp³-hybridized carbons (Fsp3) is 1.00. The van der Waals surface area contributed by atoms with Crippen molar-refractivity contribution in [3.63, 3.8) is 0 Å². The summed E-state index contributed by atoms with van der Waals surface area (Å²) in [5, 5.41) is 3.70. The lowest BCUT2D eigenvalue weighted by atomic mass is 9.76. The molecule has 1 unspecified atom stereocenters. The zero-order chi connectivity index (χ0) is 7.73. The van der Waals surface area contributed by atoms with E-state index in [1.54, 1.807) is 0 Å². The molecule has 1 nitrogen and oxygen atoms in total. The van der Waals surface area contributed by atoms with Crippen molar-refractivity contribution in [2.45, 2.75) is 63.5 Å². The quantitative estimate of drug-likeness (QED) is 0.563. The van der Waals surface area contributed by atoms with Gasteiger partial charge in [0.25, 0.3) is 0 Å². The minimum absolute atomic E-state index is 0.607. The average Bonchev–Trinajstić information content (AvgIpc) is 2.12. The summed E-state index contributed by atoms with van der Waals surface area (Å²) in [6.45, 7) is 2.30. The lowest BCUT2D eigenvalue weighted by molar-refractivity contribution is 0.126. The summed E-state index contributed by atoms with van der Waals surface area (Å²) in [6.07, 6.45) is 10.2. The molecule has 0 amide bonds. The van der Waals surface area contributed by atoms with Gasteiger partial charge >= 0.3 is 0 Å². The second-order valence-corrected chi connectivity index (χ2v) is 4.44. The number of hydrogen-bond acceptors (Lipinski definition) is 1. The van der Waals surface area contributed by atoms with Gasteiger partial charge in [0.05, 0.1) is 0 Å². The zero-order valence-electron chi connectivity index (χ0n) is 7.53. The van der Waals surface area contributed by atoms with Gasteiger partial charge in [-0.1, -0.05) is 25.7 Å². The third-order valence-electron chi connectivity index (χ3n) is 3.31. The first kappa shape index (κ1) is 7.60. The lowest BCUT2D eigenvalue weighted by Crippen LogP contribution is -2.61. The first-order chi connectivity index (χ1) is 5.31. The maximum Gasteiger partial charge on any atom is 0.0198 e. The van der Waals surface area contributed by atoms with Gasteiger partial charge in [-0.2, -0.15) is 0 Å². The molecule has 1 heterocycles. The molecule has 0 aromatic rings. The van der Waals surface area contributed by atoms with E-state index in [1.165, 1.54) is 44.9 Å². The molecule has 2 rings (SSSR count). The number of rotatable bonds is 0. The smallest absolute Gasteiger partial charge is 0.0198 e. The summed E-state index contributed by atoms with van der Waals surface area (Å²) in [6, 6.07) is 0.799. The van der Waals surface area contributed by atoms with Gasteiger partial charge in [0.15, 0.2) is 0 Å². The highest BCUT2D eigenvalue weighted by Gasteiger charge is 2.40. The maximum absolute atomic E-state index is 3.70. The van der Waals surface area contributed by atoms with Gasteiger partial charge in [-0.25, -0.2) is 0 Å². The van der Waals surface area contributed by atoms with E-state index in [0.717, 1.165) is 6.04 Å². The molecule has 1 aliphatic heterocycles. The van der Waals surface area contributed by atoms with Gasteiger partial charge in [-0.15, -0.1) is 0 Å². The molecule has 0 aromatic heterocycles. The van der Waals surface area contributed by atoms with Crippen LogP contribution in [0.4, 0.5) is 0 Å². The Morgan fingerprint density at radius 2 is 1.64 bits per heavy atom. The van der Waals surface area contributed by atoms with Gasteiger partial charge < -0.3 is 5.32 Å². The van der Waals surface area contributed by atoms with Crippen LogP contribution >= 0.6 is 0 Å². The Bertz CT molecular complexity index is 126. The van der Waals surface area contributed by atoms with Gasteiger partial charge in [0, 0.05) is 11.6 Å². The van der Waals surface area contributed by atoms with Crippen molar-refractivity contribution in [1.29, 1.82) is 0 Å². The Balaban J connectivity index is 1.91. The first-order valence-electron chi connectivity index (χ1n) is 5.08. The van der Waals surface area contributed by atoms with Crippen LogP contribution in [-0.2, 0) is 0 Å². The summed E-state index contributed by atoms with van der Waals surface area (Å²) in [4.78, 5) is 0. The molecule has 2 fully saturated rings. The summed E-state index contributed by atoms with van der Waals surface area (Å²) >= 11 is 0. The Morgan fingerprint density at radius 1 is 1.09 bits per heavy atom. The highest BCUT2D eigenvalue weighted by atomic mass is 15.1. The molecule has 1 aliphatic carbocycles. The van der Waals surface area contributed by atoms with Crippen LogP contribution < -0.4 is 5.32 Å². The second kappa shape index (κ2) is 2.78. The average molecular weight is 153 g/mol. The minimum atomic E-state index is 0.607. The summed E-state index contributed by atoms with van der Waals surface area (Å²) in [5.41, 5.74) is 0.607. The Hall–Kier alpha value is -0.0400. The highest BCUT2D eigenvalue weighted by molar-refractivity contribution is 5.01. The molecule has 64 valence electrons. The predicted octanol–water partition coefficient (Wildman–Crippen LogP) is 2.46. The first-order valence-corrected chi connectivity index (χ1v) is 5.08. The zero-order valence-corrected chi connectivity index (χ0v) is 7.53. The fourth-order valence-electron chi connectivity index (χ4n) is 2.84. The SMILES string of the molecule is CC1CC2(CCCCCC2)N1. The van der Waals surface area contributed by atoms with Crippen LogP contribution in [0.1, 0.15) is 51.9 Å². The van der Waals surface area contributed by atoms with E-state index in [2.05, 4.69) is 12.2 Å². The monoisotopic (exact) mass is 153 g/mol. The van der Waals surface area contributed by atoms with E-state index in [4.69, 9.17) is 0 Å². The number of nitrogens with one attached hydrogen (secondary N) is 1. The van der Waals surface area contributed by atoms with Crippen LogP contribution in [0.5, 0.6) is 0 Å². The van der Waals surface area contributed by atoms with E-state index in [0.29, 0.717) is 5.54 Å². The molecular weight excluding hydrogens is 134 g/mol. The minimum Gasteiger partial charge on any atom is -0.309 e. The van der Waals surface area contributed by atoms with Crippen LogP contribution in [0.25, 0.3) is 0 Å². The summed E-state index contributed by atoms with van der Waals surface area (Å²) in [7, 11) is 0. The van der Waals surface area contributed by atoms with Crippen molar-refractivity contribution >= 4 is 0 Å². The molecule has 1 atom stereocenters. The van der Waals surface area contributed by atoms with Crippen LogP contribution in [0.15, 0.2) is 0 Å².